The van der Waals surface area contributed by atoms with Crippen LogP contribution in [0.5, 0.6) is 0 Å². The van der Waals surface area contributed by atoms with E-state index < -0.39 is 33.7 Å². The van der Waals surface area contributed by atoms with Crippen molar-refractivity contribution in [3.05, 3.63) is 36.4 Å². The number of carboxylic acids is 1. The number of amides is 1. The molecule has 0 radical (unpaired) electrons. The summed E-state index contributed by atoms with van der Waals surface area (Å²) in [6, 6.07) is 6.12. The molecule has 0 aromatic heterocycles. The second-order valence-electron chi connectivity index (χ2n) is 6.62. The molecule has 2 aliphatic rings. The summed E-state index contributed by atoms with van der Waals surface area (Å²) in [4.78, 5) is 24.0. The van der Waals surface area contributed by atoms with Crippen LogP contribution in [-0.2, 0) is 19.6 Å². The summed E-state index contributed by atoms with van der Waals surface area (Å²) in [5, 5.41) is 12.0. The molecule has 8 heteroatoms. The molecule has 1 aliphatic heterocycles. The molecule has 1 fully saturated rings. The predicted octanol–water partition coefficient (Wildman–Crippen LogP) is 2.08. The maximum absolute atomic E-state index is 12.6. The van der Waals surface area contributed by atoms with Crippen LogP contribution < -0.4 is 5.32 Å². The first-order valence-electron chi connectivity index (χ1n) is 8.68. The molecule has 1 amide bonds. The third-order valence-electron chi connectivity index (χ3n) is 4.89. The standard InChI is InChI=1S/C18H22N2O5S/c21-17(15-8-1-2-9-16(15)18(22)23)19-13-6-5-7-14(12-13)26(24,25)20-10-3-4-11-20/h1-2,5-7,12,15-16H,3-4,8-11H2,(H,19,21)(H,22,23)/t15-,16-/m1/s1. The number of rotatable bonds is 5. The maximum Gasteiger partial charge on any atom is 0.307 e. The summed E-state index contributed by atoms with van der Waals surface area (Å²) in [6.07, 6.45) is 5.94. The second kappa shape index (κ2) is 7.59. The number of carbonyl (C=O) groups is 2. The van der Waals surface area contributed by atoms with E-state index in [-0.39, 0.29) is 4.90 Å². The SMILES string of the molecule is O=C(O)[C@@H]1CC=CC[C@H]1C(=O)Nc1cccc(S(=O)(=O)N2CCCC2)c1. The average molecular weight is 378 g/mol. The zero-order valence-electron chi connectivity index (χ0n) is 14.3. The lowest BCUT2D eigenvalue weighted by Crippen LogP contribution is -2.34. The van der Waals surface area contributed by atoms with Crippen molar-refractivity contribution in [2.45, 2.75) is 30.6 Å². The molecule has 1 aromatic carbocycles. The Morgan fingerprint density at radius 3 is 2.38 bits per heavy atom. The van der Waals surface area contributed by atoms with Gasteiger partial charge in [0.15, 0.2) is 0 Å². The maximum atomic E-state index is 12.6. The number of aliphatic carboxylic acids is 1. The molecule has 2 atom stereocenters. The number of sulfonamides is 1. The zero-order valence-corrected chi connectivity index (χ0v) is 15.1. The molecule has 1 saturated heterocycles. The van der Waals surface area contributed by atoms with Gasteiger partial charge in [0.1, 0.15) is 0 Å². The van der Waals surface area contributed by atoms with Gasteiger partial charge in [0.2, 0.25) is 15.9 Å². The predicted molar refractivity (Wildman–Crippen MR) is 96.1 cm³/mol. The number of allylic oxidation sites excluding steroid dienone is 2. The highest BCUT2D eigenvalue weighted by atomic mass is 32.2. The Labute approximate surface area is 152 Å². The summed E-state index contributed by atoms with van der Waals surface area (Å²) in [5.41, 5.74) is 0.356. The lowest BCUT2D eigenvalue weighted by molar-refractivity contribution is -0.146. The van der Waals surface area contributed by atoms with E-state index in [1.807, 2.05) is 0 Å². The molecule has 1 aromatic rings. The van der Waals surface area contributed by atoms with Crippen LogP contribution in [0.4, 0.5) is 5.69 Å². The van der Waals surface area contributed by atoms with Crippen LogP contribution in [0.25, 0.3) is 0 Å². The molecular formula is C18H22N2O5S. The zero-order chi connectivity index (χ0) is 18.7. The van der Waals surface area contributed by atoms with Gasteiger partial charge in [-0.1, -0.05) is 18.2 Å². The Bertz CT molecular complexity index is 828. The van der Waals surface area contributed by atoms with Gasteiger partial charge in [-0.25, -0.2) is 8.42 Å². The van der Waals surface area contributed by atoms with Crippen molar-refractivity contribution in [3.63, 3.8) is 0 Å². The molecule has 2 N–H and O–H groups in total. The molecular weight excluding hydrogens is 356 g/mol. The monoisotopic (exact) mass is 378 g/mol. The number of nitrogens with one attached hydrogen (secondary N) is 1. The Hall–Kier alpha value is -2.19. The molecule has 7 nitrogen and oxygen atoms in total. The summed E-state index contributed by atoms with van der Waals surface area (Å²) in [7, 11) is -3.57. The smallest absolute Gasteiger partial charge is 0.307 e. The van der Waals surface area contributed by atoms with Crippen molar-refractivity contribution in [2.75, 3.05) is 18.4 Å². The summed E-state index contributed by atoms with van der Waals surface area (Å²) in [6.45, 7) is 1.02. The van der Waals surface area contributed by atoms with Crippen LogP contribution in [-0.4, -0.2) is 42.8 Å². The van der Waals surface area contributed by atoms with Crippen molar-refractivity contribution in [1.29, 1.82) is 0 Å². The summed E-state index contributed by atoms with van der Waals surface area (Å²) in [5.74, 6) is -2.84. The quantitative estimate of drug-likeness (QED) is 0.764. The van der Waals surface area contributed by atoms with E-state index in [0.717, 1.165) is 12.8 Å². The van der Waals surface area contributed by atoms with Crippen LogP contribution >= 0.6 is 0 Å². The van der Waals surface area contributed by atoms with E-state index in [4.69, 9.17) is 0 Å². The van der Waals surface area contributed by atoms with Crippen molar-refractivity contribution in [1.82, 2.24) is 4.31 Å². The molecule has 0 saturated carbocycles. The van der Waals surface area contributed by atoms with Crippen molar-refractivity contribution < 1.29 is 23.1 Å². The van der Waals surface area contributed by atoms with E-state index >= 15 is 0 Å². The lowest BCUT2D eigenvalue weighted by atomic mass is 9.82. The fourth-order valence-electron chi connectivity index (χ4n) is 3.42. The van der Waals surface area contributed by atoms with Crippen LogP contribution in [0.15, 0.2) is 41.3 Å². The van der Waals surface area contributed by atoms with Gasteiger partial charge in [-0.3, -0.25) is 9.59 Å². The third kappa shape index (κ3) is 3.81. The van der Waals surface area contributed by atoms with Crippen LogP contribution in [0.3, 0.4) is 0 Å². The third-order valence-corrected chi connectivity index (χ3v) is 6.79. The van der Waals surface area contributed by atoms with Crippen molar-refractivity contribution in [2.24, 2.45) is 11.8 Å². The second-order valence-corrected chi connectivity index (χ2v) is 8.56. The highest BCUT2D eigenvalue weighted by molar-refractivity contribution is 7.89. The Morgan fingerprint density at radius 1 is 1.08 bits per heavy atom. The Kier molecular flexibility index (Phi) is 5.43. The van der Waals surface area contributed by atoms with Gasteiger partial charge in [0.05, 0.1) is 16.7 Å². The fraction of sp³-hybridized carbons (Fsp3) is 0.444. The van der Waals surface area contributed by atoms with E-state index in [9.17, 15) is 23.1 Å². The van der Waals surface area contributed by atoms with Gasteiger partial charge in [-0.05, 0) is 43.9 Å². The van der Waals surface area contributed by atoms with Crippen molar-refractivity contribution in [3.8, 4) is 0 Å². The molecule has 140 valence electrons. The number of hydrogen-bond donors (Lipinski definition) is 2. The number of carboxylic acid groups (broad SMARTS) is 1. The van der Waals surface area contributed by atoms with Crippen molar-refractivity contribution >= 4 is 27.6 Å². The Balaban J connectivity index is 1.77. The Morgan fingerprint density at radius 2 is 1.73 bits per heavy atom. The first-order chi connectivity index (χ1) is 12.4. The molecule has 3 rings (SSSR count). The number of hydrogen-bond acceptors (Lipinski definition) is 4. The number of anilines is 1. The van der Waals surface area contributed by atoms with Gasteiger partial charge in [0.25, 0.3) is 0 Å². The highest BCUT2D eigenvalue weighted by Gasteiger charge is 2.34. The minimum absolute atomic E-state index is 0.135. The number of carbonyl (C=O) groups excluding carboxylic acids is 1. The van der Waals surface area contributed by atoms with Gasteiger partial charge < -0.3 is 10.4 Å². The summed E-state index contributed by atoms with van der Waals surface area (Å²) < 4.78 is 26.7. The number of benzene rings is 1. The first-order valence-corrected chi connectivity index (χ1v) is 10.1. The normalized spacial score (nSPS) is 23.7. The molecule has 0 unspecified atom stereocenters. The summed E-state index contributed by atoms with van der Waals surface area (Å²) >= 11 is 0. The van der Waals surface area contributed by atoms with Crippen LogP contribution in [0.2, 0.25) is 0 Å². The van der Waals surface area contributed by atoms with E-state index in [2.05, 4.69) is 5.32 Å². The minimum atomic E-state index is -3.57. The van der Waals surface area contributed by atoms with E-state index in [1.54, 1.807) is 24.3 Å². The molecule has 1 aliphatic carbocycles. The van der Waals surface area contributed by atoms with Crippen LogP contribution in [0.1, 0.15) is 25.7 Å². The molecule has 0 bridgehead atoms. The van der Waals surface area contributed by atoms with Gasteiger partial charge >= 0.3 is 5.97 Å². The van der Waals surface area contributed by atoms with Gasteiger partial charge in [-0.15, -0.1) is 0 Å². The average Bonchev–Trinajstić information content (AvgIpc) is 3.17. The molecule has 0 spiro atoms. The fourth-order valence-corrected chi connectivity index (χ4v) is 4.99. The van der Waals surface area contributed by atoms with Gasteiger partial charge in [0, 0.05) is 18.8 Å². The topological polar surface area (TPSA) is 104 Å². The minimum Gasteiger partial charge on any atom is -0.481 e. The highest BCUT2D eigenvalue weighted by Crippen LogP contribution is 2.28. The largest absolute Gasteiger partial charge is 0.481 e. The number of nitrogens with zero attached hydrogens (tertiary/aromatic N) is 1. The van der Waals surface area contributed by atoms with E-state index in [0.29, 0.717) is 31.6 Å². The van der Waals surface area contributed by atoms with Crippen LogP contribution in [0, 0.1) is 11.8 Å². The van der Waals surface area contributed by atoms with Gasteiger partial charge in [-0.2, -0.15) is 4.31 Å². The molecule has 1 heterocycles. The molecule has 26 heavy (non-hydrogen) atoms. The van der Waals surface area contributed by atoms with E-state index in [1.165, 1.54) is 16.4 Å². The lowest BCUT2D eigenvalue weighted by Gasteiger charge is -2.24. The first kappa shape index (κ1) is 18.6.